The molecule has 0 aliphatic heterocycles. The normalized spacial score (nSPS) is 14.3. The van der Waals surface area contributed by atoms with Crippen LogP contribution in [0.2, 0.25) is 0 Å². The maximum Gasteiger partial charge on any atom is 0.438 e. The first-order valence-corrected chi connectivity index (χ1v) is 10.0. The van der Waals surface area contributed by atoms with Gasteiger partial charge in [-0.15, -0.1) is 0 Å². The number of hydrogen-bond acceptors (Lipinski definition) is 6. The maximum absolute atomic E-state index is 12.8. The Morgan fingerprint density at radius 2 is 1.77 bits per heavy atom. The number of aromatic nitrogens is 2. The number of hydrogen-bond donors (Lipinski definition) is 1. The number of Topliss-reactive ketones (excluding diaryl/α,β-unsaturated/α-hetero) is 1. The maximum atomic E-state index is 12.8. The van der Waals surface area contributed by atoms with Gasteiger partial charge >= 0.3 is 5.76 Å². The molecule has 0 radical (unpaired) electrons. The Balaban J connectivity index is 1.42. The van der Waals surface area contributed by atoms with Crippen LogP contribution in [0.15, 0.2) is 57.8 Å². The number of H-pyrrole nitrogens is 1. The van der Waals surface area contributed by atoms with Crippen LogP contribution in [-0.4, -0.2) is 29.1 Å². The number of nitrogens with zero attached hydrogens (tertiary/aromatic N) is 1. The molecule has 1 atom stereocenters. The van der Waals surface area contributed by atoms with Gasteiger partial charge < -0.3 is 9.47 Å². The highest BCUT2D eigenvalue weighted by Gasteiger charge is 2.24. The first-order chi connectivity index (χ1) is 14.6. The molecule has 0 saturated heterocycles. The molecule has 1 N–H and O–H groups in total. The van der Waals surface area contributed by atoms with E-state index in [0.29, 0.717) is 24.8 Å². The molecule has 1 aromatic heterocycles. The molecule has 1 aliphatic rings. The lowest BCUT2D eigenvalue weighted by atomic mass is 9.91. The Hall–Kier alpha value is -3.35. The number of benzene rings is 2. The molecule has 1 aliphatic carbocycles. The number of rotatable bonds is 10. The number of ether oxygens (including phenoxy) is 2. The number of carbonyl (C=O) groups is 1. The van der Waals surface area contributed by atoms with Crippen LogP contribution >= 0.6 is 0 Å². The minimum absolute atomic E-state index is 0.0632. The average Bonchev–Trinajstić information content (AvgIpc) is 3.46. The van der Waals surface area contributed by atoms with Crippen LogP contribution in [0.5, 0.6) is 11.5 Å². The van der Waals surface area contributed by atoms with E-state index in [1.807, 2.05) is 48.5 Å². The fourth-order valence-corrected chi connectivity index (χ4v) is 3.37. The van der Waals surface area contributed by atoms with E-state index >= 15 is 0 Å². The highest BCUT2D eigenvalue weighted by Crippen LogP contribution is 2.27. The van der Waals surface area contributed by atoms with E-state index in [4.69, 9.17) is 9.47 Å². The van der Waals surface area contributed by atoms with E-state index in [9.17, 15) is 9.59 Å². The van der Waals surface area contributed by atoms with Gasteiger partial charge in [-0.05, 0) is 54.7 Å². The summed E-state index contributed by atoms with van der Waals surface area (Å²) in [7, 11) is 1.61. The van der Waals surface area contributed by atoms with Crippen LogP contribution < -0.4 is 15.2 Å². The number of ketones is 1. The van der Waals surface area contributed by atoms with Crippen molar-refractivity contribution in [2.24, 2.45) is 0 Å². The highest BCUT2D eigenvalue weighted by molar-refractivity contribution is 5.81. The Bertz CT molecular complexity index is 1030. The molecule has 30 heavy (non-hydrogen) atoms. The Morgan fingerprint density at radius 3 is 2.37 bits per heavy atom. The van der Waals surface area contributed by atoms with Crippen LogP contribution in [-0.2, 0) is 17.6 Å². The van der Waals surface area contributed by atoms with E-state index in [1.54, 1.807) is 7.11 Å². The van der Waals surface area contributed by atoms with Gasteiger partial charge in [0.15, 0.2) is 5.82 Å². The number of carbonyl (C=O) groups excluding carboxylic acids is 1. The zero-order valence-corrected chi connectivity index (χ0v) is 16.8. The van der Waals surface area contributed by atoms with Crippen molar-refractivity contribution in [3.63, 3.8) is 0 Å². The van der Waals surface area contributed by atoms with Crippen molar-refractivity contribution in [3.05, 3.63) is 76.0 Å². The molecule has 1 unspecified atom stereocenters. The summed E-state index contributed by atoms with van der Waals surface area (Å²) in [4.78, 5) is 26.8. The summed E-state index contributed by atoms with van der Waals surface area (Å²) >= 11 is 0. The van der Waals surface area contributed by atoms with Gasteiger partial charge in [0.25, 0.3) is 0 Å². The number of methoxy groups -OCH3 is 1. The smallest absolute Gasteiger partial charge is 0.438 e. The molecule has 156 valence electrons. The zero-order valence-electron chi connectivity index (χ0n) is 16.8. The van der Waals surface area contributed by atoms with Gasteiger partial charge in [0.1, 0.15) is 17.3 Å². The van der Waals surface area contributed by atoms with Gasteiger partial charge in [-0.1, -0.05) is 29.4 Å². The van der Waals surface area contributed by atoms with Crippen LogP contribution in [0.3, 0.4) is 0 Å². The molecular formula is C23H24N2O5. The first-order valence-electron chi connectivity index (χ1n) is 10.0. The molecule has 7 heteroatoms. The van der Waals surface area contributed by atoms with Crippen LogP contribution in [0, 0.1) is 0 Å². The Kier molecular flexibility index (Phi) is 5.97. The molecule has 3 aromatic rings. The molecular weight excluding hydrogens is 384 g/mol. The Labute approximate surface area is 174 Å². The topological polar surface area (TPSA) is 94.4 Å². The summed E-state index contributed by atoms with van der Waals surface area (Å²) in [6, 6.07) is 15.3. The standard InChI is InChI=1S/C23H24N2O5/c1-28-19-6-2-15(3-7-19)12-17(22-24-23(27)30-25-22)14-18(26)13-16-4-8-20(9-5-16)29-21-10-11-21/h2-9,17,21H,10-14H2,1H3,(H,24,25,27). The summed E-state index contributed by atoms with van der Waals surface area (Å²) < 4.78 is 15.6. The third-order valence-corrected chi connectivity index (χ3v) is 5.11. The van der Waals surface area contributed by atoms with Gasteiger partial charge in [-0.3, -0.25) is 14.3 Å². The first kappa shape index (κ1) is 19.9. The van der Waals surface area contributed by atoms with Crippen molar-refractivity contribution in [1.29, 1.82) is 0 Å². The molecule has 4 rings (SSSR count). The molecule has 7 nitrogen and oxygen atoms in total. The fourth-order valence-electron chi connectivity index (χ4n) is 3.37. The minimum Gasteiger partial charge on any atom is -0.497 e. The second-order valence-corrected chi connectivity index (χ2v) is 7.61. The SMILES string of the molecule is COc1ccc(CC(CC(=O)Cc2ccc(OC3CC3)cc2)c2noc(=O)[nH]2)cc1. The van der Waals surface area contributed by atoms with Gasteiger partial charge in [0.05, 0.1) is 13.2 Å². The van der Waals surface area contributed by atoms with Crippen LogP contribution in [0.25, 0.3) is 0 Å². The summed E-state index contributed by atoms with van der Waals surface area (Å²) in [5.74, 6) is 1.14. The predicted octanol–water partition coefficient (Wildman–Crippen LogP) is 3.44. The minimum atomic E-state index is -0.622. The van der Waals surface area contributed by atoms with E-state index in [2.05, 4.69) is 14.7 Å². The lowest BCUT2D eigenvalue weighted by Crippen LogP contribution is -2.14. The number of aromatic amines is 1. The van der Waals surface area contributed by atoms with E-state index < -0.39 is 5.76 Å². The van der Waals surface area contributed by atoms with Crippen molar-refractivity contribution in [2.75, 3.05) is 7.11 Å². The summed E-state index contributed by atoms with van der Waals surface area (Å²) in [5, 5.41) is 3.81. The van der Waals surface area contributed by atoms with E-state index in [1.165, 1.54) is 0 Å². The van der Waals surface area contributed by atoms with Crippen molar-refractivity contribution >= 4 is 5.78 Å². The van der Waals surface area contributed by atoms with Crippen LogP contribution in [0.4, 0.5) is 0 Å². The van der Waals surface area contributed by atoms with Gasteiger partial charge in [0, 0.05) is 18.8 Å². The van der Waals surface area contributed by atoms with Crippen molar-refractivity contribution in [3.8, 4) is 11.5 Å². The van der Waals surface area contributed by atoms with Crippen molar-refractivity contribution < 1.29 is 18.8 Å². The largest absolute Gasteiger partial charge is 0.497 e. The van der Waals surface area contributed by atoms with Crippen LogP contribution in [0.1, 0.15) is 42.1 Å². The second-order valence-electron chi connectivity index (χ2n) is 7.61. The Morgan fingerprint density at radius 1 is 1.10 bits per heavy atom. The molecule has 1 heterocycles. The van der Waals surface area contributed by atoms with Crippen molar-refractivity contribution in [1.82, 2.24) is 10.1 Å². The third kappa shape index (κ3) is 5.37. The van der Waals surface area contributed by atoms with E-state index in [-0.39, 0.29) is 18.1 Å². The molecule has 2 aromatic carbocycles. The van der Waals surface area contributed by atoms with Gasteiger partial charge in [-0.25, -0.2) is 4.79 Å². The monoisotopic (exact) mass is 408 g/mol. The molecule has 0 amide bonds. The molecule has 0 bridgehead atoms. The molecule has 1 fully saturated rings. The summed E-state index contributed by atoms with van der Waals surface area (Å²) in [5.41, 5.74) is 1.94. The lowest BCUT2D eigenvalue weighted by molar-refractivity contribution is -0.118. The summed E-state index contributed by atoms with van der Waals surface area (Å²) in [6.07, 6.45) is 3.67. The quantitative estimate of drug-likeness (QED) is 0.552. The van der Waals surface area contributed by atoms with E-state index in [0.717, 1.165) is 35.5 Å². The average molecular weight is 408 g/mol. The van der Waals surface area contributed by atoms with Crippen molar-refractivity contribution in [2.45, 2.75) is 44.1 Å². The lowest BCUT2D eigenvalue weighted by Gasteiger charge is -2.14. The number of nitrogens with one attached hydrogen (secondary N) is 1. The molecule has 0 spiro atoms. The molecule has 1 saturated carbocycles. The van der Waals surface area contributed by atoms with Gasteiger partial charge in [-0.2, -0.15) is 0 Å². The van der Waals surface area contributed by atoms with Gasteiger partial charge in [0.2, 0.25) is 0 Å². The predicted molar refractivity (Wildman–Crippen MR) is 110 cm³/mol. The fraction of sp³-hybridized carbons (Fsp3) is 0.348. The zero-order chi connectivity index (χ0) is 20.9. The second kappa shape index (κ2) is 8.98. The summed E-state index contributed by atoms with van der Waals surface area (Å²) in [6.45, 7) is 0. The highest BCUT2D eigenvalue weighted by atomic mass is 16.5. The third-order valence-electron chi connectivity index (χ3n) is 5.11.